The second kappa shape index (κ2) is 5.00. The van der Waals surface area contributed by atoms with Crippen molar-refractivity contribution in [2.45, 2.75) is 12.2 Å². The van der Waals surface area contributed by atoms with Crippen LogP contribution < -0.4 is 10.5 Å². The number of hydrogen-bond donors (Lipinski definition) is 2. The van der Waals surface area contributed by atoms with Gasteiger partial charge in [0.1, 0.15) is 24.1 Å². The van der Waals surface area contributed by atoms with E-state index in [-0.39, 0.29) is 5.75 Å². The number of aromatic nitrogens is 1. The van der Waals surface area contributed by atoms with Crippen molar-refractivity contribution in [2.75, 3.05) is 6.61 Å². The van der Waals surface area contributed by atoms with Crippen molar-refractivity contribution in [3.8, 4) is 5.75 Å². The number of nitrogens with zero attached hydrogens (tertiary/aromatic N) is 1. The molecule has 0 radical (unpaired) electrons. The summed E-state index contributed by atoms with van der Waals surface area (Å²) in [6.45, 7) is -0.420. The quantitative estimate of drug-likeness (QED) is 0.828. The van der Waals surface area contributed by atoms with Crippen LogP contribution in [0.5, 0.6) is 5.75 Å². The smallest absolute Gasteiger partial charge is 0.433 e. The molecule has 17 heavy (non-hydrogen) atoms. The Balaban J connectivity index is 2.70. The van der Waals surface area contributed by atoms with Crippen LogP contribution >= 0.6 is 0 Å². The van der Waals surface area contributed by atoms with Crippen molar-refractivity contribution < 1.29 is 27.8 Å². The molecule has 0 fully saturated rings. The number of nitrogens with two attached hydrogens (primary N) is 1. The SMILES string of the molecule is NC(COc1ccnc(C(F)(F)F)c1)C(=O)O. The summed E-state index contributed by atoms with van der Waals surface area (Å²) in [5.41, 5.74) is 4.01. The van der Waals surface area contributed by atoms with Gasteiger partial charge < -0.3 is 15.6 Å². The first kappa shape index (κ1) is 13.2. The van der Waals surface area contributed by atoms with Crippen LogP contribution in [0, 0.1) is 0 Å². The summed E-state index contributed by atoms with van der Waals surface area (Å²) in [5, 5.41) is 8.45. The molecule has 3 N–H and O–H groups in total. The summed E-state index contributed by atoms with van der Waals surface area (Å²) in [6, 6.07) is 0.566. The maximum Gasteiger partial charge on any atom is 0.433 e. The largest absolute Gasteiger partial charge is 0.491 e. The Hall–Kier alpha value is -1.83. The Bertz CT molecular complexity index is 409. The molecule has 1 aromatic rings. The third-order valence-corrected chi connectivity index (χ3v) is 1.77. The van der Waals surface area contributed by atoms with Crippen LogP contribution in [0.15, 0.2) is 18.3 Å². The first-order valence-electron chi connectivity index (χ1n) is 4.45. The highest BCUT2D eigenvalue weighted by atomic mass is 19.4. The van der Waals surface area contributed by atoms with Crippen molar-refractivity contribution in [3.05, 3.63) is 24.0 Å². The molecule has 0 aliphatic heterocycles. The Kier molecular flexibility index (Phi) is 3.89. The summed E-state index contributed by atoms with van der Waals surface area (Å²) >= 11 is 0. The fourth-order valence-electron chi connectivity index (χ4n) is 0.913. The zero-order valence-electron chi connectivity index (χ0n) is 8.44. The van der Waals surface area contributed by atoms with Gasteiger partial charge >= 0.3 is 12.1 Å². The Labute approximate surface area is 94.0 Å². The van der Waals surface area contributed by atoms with Gasteiger partial charge in [0.25, 0.3) is 0 Å². The van der Waals surface area contributed by atoms with E-state index in [1.54, 1.807) is 0 Å². The monoisotopic (exact) mass is 250 g/mol. The number of pyridine rings is 1. The lowest BCUT2D eigenvalue weighted by molar-refractivity contribution is -0.142. The number of alkyl halides is 3. The van der Waals surface area contributed by atoms with Gasteiger partial charge in [-0.05, 0) is 6.07 Å². The fraction of sp³-hybridized carbons (Fsp3) is 0.333. The van der Waals surface area contributed by atoms with E-state index in [2.05, 4.69) is 4.98 Å². The van der Waals surface area contributed by atoms with Crippen molar-refractivity contribution in [1.82, 2.24) is 4.98 Å². The van der Waals surface area contributed by atoms with E-state index in [4.69, 9.17) is 15.6 Å². The van der Waals surface area contributed by atoms with Crippen molar-refractivity contribution in [2.24, 2.45) is 5.73 Å². The van der Waals surface area contributed by atoms with Crippen molar-refractivity contribution >= 4 is 5.97 Å². The average molecular weight is 250 g/mol. The maximum atomic E-state index is 12.3. The zero-order chi connectivity index (χ0) is 13.1. The normalized spacial score (nSPS) is 13.2. The predicted octanol–water partition coefficient (Wildman–Crippen LogP) is 0.891. The minimum atomic E-state index is -4.58. The molecule has 1 atom stereocenters. The number of carboxylic acid groups (broad SMARTS) is 1. The van der Waals surface area contributed by atoms with Crippen LogP contribution in [-0.4, -0.2) is 28.7 Å². The Morgan fingerprint density at radius 2 is 2.24 bits per heavy atom. The van der Waals surface area contributed by atoms with Gasteiger partial charge in [-0.2, -0.15) is 13.2 Å². The first-order chi connectivity index (χ1) is 7.80. The summed E-state index contributed by atoms with van der Waals surface area (Å²) in [4.78, 5) is 13.5. The lowest BCUT2D eigenvalue weighted by Crippen LogP contribution is -2.36. The molecule has 1 unspecified atom stereocenters. The van der Waals surface area contributed by atoms with Gasteiger partial charge in [0, 0.05) is 12.3 Å². The molecular formula is C9H9F3N2O3. The van der Waals surface area contributed by atoms with Crippen LogP contribution in [0.4, 0.5) is 13.2 Å². The molecule has 1 heterocycles. The van der Waals surface area contributed by atoms with Crippen LogP contribution in [0.1, 0.15) is 5.69 Å². The number of aliphatic carboxylic acids is 1. The van der Waals surface area contributed by atoms with Gasteiger partial charge in [0.05, 0.1) is 0 Å². The van der Waals surface area contributed by atoms with Crippen LogP contribution in [0.25, 0.3) is 0 Å². The molecule has 8 heteroatoms. The van der Waals surface area contributed by atoms with E-state index < -0.39 is 30.5 Å². The molecule has 1 rings (SSSR count). The molecule has 0 bridgehead atoms. The third-order valence-electron chi connectivity index (χ3n) is 1.77. The number of carboxylic acids is 1. The van der Waals surface area contributed by atoms with Crippen LogP contribution in [0.2, 0.25) is 0 Å². The molecule has 0 aliphatic carbocycles. The minimum Gasteiger partial charge on any atom is -0.491 e. The van der Waals surface area contributed by atoms with Crippen molar-refractivity contribution in [3.63, 3.8) is 0 Å². The summed E-state index contributed by atoms with van der Waals surface area (Å²) < 4.78 is 41.6. The van der Waals surface area contributed by atoms with Gasteiger partial charge in [0.2, 0.25) is 0 Å². The van der Waals surface area contributed by atoms with Gasteiger partial charge in [-0.1, -0.05) is 0 Å². The summed E-state index contributed by atoms with van der Waals surface area (Å²) in [5.74, 6) is -1.43. The fourth-order valence-corrected chi connectivity index (χ4v) is 0.913. The summed E-state index contributed by atoms with van der Waals surface area (Å²) in [7, 11) is 0. The lowest BCUT2D eigenvalue weighted by atomic mass is 10.3. The van der Waals surface area contributed by atoms with E-state index >= 15 is 0 Å². The number of carbonyl (C=O) groups is 1. The predicted molar refractivity (Wildman–Crippen MR) is 50.3 cm³/mol. The Morgan fingerprint density at radius 1 is 1.59 bits per heavy atom. The highest BCUT2D eigenvalue weighted by Crippen LogP contribution is 2.29. The topological polar surface area (TPSA) is 85.4 Å². The molecule has 0 saturated carbocycles. The lowest BCUT2D eigenvalue weighted by Gasteiger charge is -2.11. The first-order valence-corrected chi connectivity index (χ1v) is 4.45. The molecule has 94 valence electrons. The van der Waals surface area contributed by atoms with Gasteiger partial charge in [-0.15, -0.1) is 0 Å². The molecule has 5 nitrogen and oxygen atoms in total. The number of rotatable bonds is 4. The molecule has 0 saturated heterocycles. The van der Waals surface area contributed by atoms with Gasteiger partial charge in [-0.25, -0.2) is 0 Å². The second-order valence-electron chi connectivity index (χ2n) is 3.13. The minimum absolute atomic E-state index is 0.135. The maximum absolute atomic E-state index is 12.3. The molecule has 0 aromatic carbocycles. The van der Waals surface area contributed by atoms with E-state index in [9.17, 15) is 18.0 Å². The average Bonchev–Trinajstić information content (AvgIpc) is 2.25. The molecule has 1 aromatic heterocycles. The zero-order valence-corrected chi connectivity index (χ0v) is 8.44. The van der Waals surface area contributed by atoms with Crippen molar-refractivity contribution in [1.29, 1.82) is 0 Å². The van der Waals surface area contributed by atoms with Crippen LogP contribution in [0.3, 0.4) is 0 Å². The molecule has 0 aliphatic rings. The van der Waals surface area contributed by atoms with E-state index in [1.165, 1.54) is 6.07 Å². The second-order valence-corrected chi connectivity index (χ2v) is 3.13. The van der Waals surface area contributed by atoms with Crippen LogP contribution in [-0.2, 0) is 11.0 Å². The molecule has 0 amide bonds. The van der Waals surface area contributed by atoms with E-state index in [0.717, 1.165) is 6.20 Å². The summed E-state index contributed by atoms with van der Waals surface area (Å²) in [6.07, 6.45) is -3.65. The van der Waals surface area contributed by atoms with Gasteiger partial charge in [-0.3, -0.25) is 9.78 Å². The number of ether oxygens (including phenoxy) is 1. The van der Waals surface area contributed by atoms with E-state index in [1.807, 2.05) is 0 Å². The highest BCUT2D eigenvalue weighted by Gasteiger charge is 2.32. The number of halogens is 3. The Morgan fingerprint density at radius 3 is 2.76 bits per heavy atom. The molecular weight excluding hydrogens is 241 g/mol. The van der Waals surface area contributed by atoms with E-state index in [0.29, 0.717) is 6.07 Å². The highest BCUT2D eigenvalue weighted by molar-refractivity contribution is 5.73. The number of hydrogen-bond acceptors (Lipinski definition) is 4. The third kappa shape index (κ3) is 3.91. The molecule has 0 spiro atoms. The van der Waals surface area contributed by atoms with Gasteiger partial charge in [0.15, 0.2) is 0 Å². The standard InChI is InChI=1S/C9H9F3N2O3/c10-9(11,12)7-3-5(1-2-14-7)17-4-6(13)8(15)16/h1-3,6H,4,13H2,(H,15,16).